The summed E-state index contributed by atoms with van der Waals surface area (Å²) in [5.41, 5.74) is 1.36. The normalized spacial score (nSPS) is 16.2. The number of hydrogen-bond acceptors (Lipinski definition) is 7. The van der Waals surface area contributed by atoms with Gasteiger partial charge in [-0.25, -0.2) is 0 Å². The Balaban J connectivity index is 1.41. The zero-order valence-corrected chi connectivity index (χ0v) is 17.0. The van der Waals surface area contributed by atoms with E-state index >= 15 is 0 Å². The molecule has 1 saturated heterocycles. The average Bonchev–Trinajstić information content (AvgIpc) is 3.34. The average molecular weight is 408 g/mol. The van der Waals surface area contributed by atoms with Gasteiger partial charge in [-0.15, -0.1) is 10.2 Å². The summed E-state index contributed by atoms with van der Waals surface area (Å²) < 4.78 is 15.9. The van der Waals surface area contributed by atoms with Crippen LogP contribution < -0.4 is 19.7 Å². The monoisotopic (exact) mass is 408 g/mol. The molecule has 0 spiro atoms. The number of carbonyl (C=O) groups is 1. The smallest absolute Gasteiger partial charge is 0.229 e. The van der Waals surface area contributed by atoms with Crippen molar-refractivity contribution in [1.82, 2.24) is 10.2 Å². The molecule has 0 saturated carbocycles. The van der Waals surface area contributed by atoms with Crippen LogP contribution >= 0.6 is 0 Å². The van der Waals surface area contributed by atoms with Crippen LogP contribution in [0.15, 0.2) is 53.1 Å². The number of aromatic nitrogens is 2. The number of rotatable bonds is 6. The highest BCUT2D eigenvalue weighted by molar-refractivity contribution is 5.93. The highest BCUT2D eigenvalue weighted by Gasteiger charge is 2.27. The molecule has 1 aliphatic heterocycles. The predicted octanol–water partition coefficient (Wildman–Crippen LogP) is 3.61. The number of furan rings is 1. The van der Waals surface area contributed by atoms with Gasteiger partial charge >= 0.3 is 0 Å². The third kappa shape index (κ3) is 4.22. The first-order valence-electron chi connectivity index (χ1n) is 9.83. The van der Waals surface area contributed by atoms with E-state index in [0.29, 0.717) is 35.2 Å². The van der Waals surface area contributed by atoms with Crippen molar-refractivity contribution in [2.75, 3.05) is 37.5 Å². The van der Waals surface area contributed by atoms with Gasteiger partial charge in [-0.2, -0.15) is 0 Å². The minimum absolute atomic E-state index is 0.0212. The van der Waals surface area contributed by atoms with Crippen LogP contribution in [0.25, 0.3) is 11.5 Å². The first-order valence-corrected chi connectivity index (χ1v) is 9.83. The van der Waals surface area contributed by atoms with Crippen LogP contribution in [0.1, 0.15) is 12.8 Å². The molecule has 8 nitrogen and oxygen atoms in total. The van der Waals surface area contributed by atoms with Gasteiger partial charge in [-0.05, 0) is 49.2 Å². The van der Waals surface area contributed by atoms with Gasteiger partial charge in [0, 0.05) is 24.8 Å². The van der Waals surface area contributed by atoms with E-state index in [4.69, 9.17) is 13.9 Å². The fourth-order valence-corrected chi connectivity index (χ4v) is 3.61. The van der Waals surface area contributed by atoms with Gasteiger partial charge in [0.1, 0.15) is 5.69 Å². The standard InChI is InChI=1S/C22H24N4O4/c1-28-19-9-7-16(13-20(19)29-2)23-22(27)15-5-3-11-26(14-15)21-10-8-17(24-25-21)18-6-4-12-30-18/h4,6-10,12-13,15H,3,5,11,14H2,1-2H3,(H,23,27). The lowest BCUT2D eigenvalue weighted by Gasteiger charge is -2.32. The molecular weight excluding hydrogens is 384 g/mol. The van der Waals surface area contributed by atoms with Gasteiger partial charge in [-0.1, -0.05) is 0 Å². The molecule has 1 atom stereocenters. The van der Waals surface area contributed by atoms with Crippen molar-refractivity contribution in [3.05, 3.63) is 48.7 Å². The number of amides is 1. The fraction of sp³-hybridized carbons (Fsp3) is 0.318. The number of carbonyl (C=O) groups excluding carboxylic acids is 1. The van der Waals surface area contributed by atoms with Crippen LogP contribution in [0.2, 0.25) is 0 Å². The molecule has 156 valence electrons. The Morgan fingerprint density at radius 2 is 2.00 bits per heavy atom. The van der Waals surface area contributed by atoms with E-state index in [0.717, 1.165) is 25.2 Å². The fourth-order valence-electron chi connectivity index (χ4n) is 3.61. The lowest BCUT2D eigenvalue weighted by atomic mass is 9.97. The van der Waals surface area contributed by atoms with Gasteiger partial charge in [0.2, 0.25) is 5.91 Å². The molecule has 4 rings (SSSR count). The second-order valence-electron chi connectivity index (χ2n) is 7.10. The molecule has 1 N–H and O–H groups in total. The first-order chi connectivity index (χ1) is 14.7. The minimum Gasteiger partial charge on any atom is -0.493 e. The molecule has 30 heavy (non-hydrogen) atoms. The molecule has 0 aliphatic carbocycles. The highest BCUT2D eigenvalue weighted by atomic mass is 16.5. The number of ether oxygens (including phenoxy) is 2. The van der Waals surface area contributed by atoms with Crippen LogP contribution in [0.5, 0.6) is 11.5 Å². The molecule has 1 aromatic carbocycles. The number of nitrogens with one attached hydrogen (secondary N) is 1. The summed E-state index contributed by atoms with van der Waals surface area (Å²) in [4.78, 5) is 14.9. The second-order valence-corrected chi connectivity index (χ2v) is 7.10. The van der Waals surface area contributed by atoms with Gasteiger partial charge < -0.3 is 24.1 Å². The molecule has 1 unspecified atom stereocenters. The number of methoxy groups -OCH3 is 2. The summed E-state index contributed by atoms with van der Waals surface area (Å²) in [7, 11) is 3.15. The Morgan fingerprint density at radius 3 is 2.70 bits per heavy atom. The van der Waals surface area contributed by atoms with Crippen LogP contribution in [0, 0.1) is 5.92 Å². The van der Waals surface area contributed by atoms with Crippen LogP contribution in [0.4, 0.5) is 11.5 Å². The van der Waals surface area contributed by atoms with Crippen molar-refractivity contribution < 1.29 is 18.7 Å². The van der Waals surface area contributed by atoms with E-state index in [-0.39, 0.29) is 11.8 Å². The maximum atomic E-state index is 12.8. The summed E-state index contributed by atoms with van der Waals surface area (Å²) in [6.45, 7) is 1.43. The van der Waals surface area contributed by atoms with Crippen molar-refractivity contribution in [2.45, 2.75) is 12.8 Å². The molecule has 0 radical (unpaired) electrons. The Kier molecular flexibility index (Phi) is 5.83. The molecule has 1 fully saturated rings. The van der Waals surface area contributed by atoms with Crippen molar-refractivity contribution >= 4 is 17.4 Å². The van der Waals surface area contributed by atoms with Crippen molar-refractivity contribution in [1.29, 1.82) is 0 Å². The molecule has 1 aliphatic rings. The summed E-state index contributed by atoms with van der Waals surface area (Å²) >= 11 is 0. The lowest BCUT2D eigenvalue weighted by molar-refractivity contribution is -0.120. The summed E-state index contributed by atoms with van der Waals surface area (Å²) in [5, 5.41) is 11.6. The van der Waals surface area contributed by atoms with Crippen molar-refractivity contribution in [3.8, 4) is 23.0 Å². The summed E-state index contributed by atoms with van der Waals surface area (Å²) in [6.07, 6.45) is 3.34. The molecule has 3 aromatic rings. The minimum atomic E-state index is -0.140. The molecule has 0 bridgehead atoms. The van der Waals surface area contributed by atoms with Gasteiger partial charge in [0.15, 0.2) is 23.1 Å². The number of anilines is 2. The number of hydrogen-bond donors (Lipinski definition) is 1. The maximum Gasteiger partial charge on any atom is 0.229 e. The Hall–Kier alpha value is -3.55. The number of piperidine rings is 1. The molecule has 8 heteroatoms. The zero-order chi connectivity index (χ0) is 20.9. The van der Waals surface area contributed by atoms with E-state index in [9.17, 15) is 4.79 Å². The quantitative estimate of drug-likeness (QED) is 0.666. The van der Waals surface area contributed by atoms with Crippen LogP contribution in [-0.2, 0) is 4.79 Å². The van der Waals surface area contributed by atoms with Crippen molar-refractivity contribution in [3.63, 3.8) is 0 Å². The summed E-state index contributed by atoms with van der Waals surface area (Å²) in [6, 6.07) is 12.8. The van der Waals surface area contributed by atoms with E-state index in [2.05, 4.69) is 20.4 Å². The Morgan fingerprint density at radius 1 is 1.13 bits per heavy atom. The second kappa shape index (κ2) is 8.86. The van der Waals surface area contributed by atoms with E-state index in [1.165, 1.54) is 0 Å². The predicted molar refractivity (Wildman–Crippen MR) is 113 cm³/mol. The molecule has 3 heterocycles. The highest BCUT2D eigenvalue weighted by Crippen LogP contribution is 2.30. The van der Waals surface area contributed by atoms with Crippen molar-refractivity contribution in [2.24, 2.45) is 5.92 Å². The third-order valence-electron chi connectivity index (χ3n) is 5.19. The summed E-state index contributed by atoms with van der Waals surface area (Å²) in [5.74, 6) is 2.47. The van der Waals surface area contributed by atoms with Crippen LogP contribution in [0.3, 0.4) is 0 Å². The van der Waals surface area contributed by atoms with Gasteiger partial charge in [0.25, 0.3) is 0 Å². The molecular formula is C22H24N4O4. The van der Waals surface area contributed by atoms with Gasteiger partial charge in [-0.3, -0.25) is 4.79 Å². The first kappa shape index (κ1) is 19.8. The van der Waals surface area contributed by atoms with Gasteiger partial charge in [0.05, 0.1) is 26.4 Å². The largest absolute Gasteiger partial charge is 0.493 e. The van der Waals surface area contributed by atoms with Crippen LogP contribution in [-0.4, -0.2) is 43.4 Å². The molecule has 2 aromatic heterocycles. The lowest BCUT2D eigenvalue weighted by Crippen LogP contribution is -2.41. The number of nitrogens with zero attached hydrogens (tertiary/aromatic N) is 3. The molecule has 1 amide bonds. The van der Waals surface area contributed by atoms with E-state index in [1.54, 1.807) is 38.7 Å². The third-order valence-corrected chi connectivity index (χ3v) is 5.19. The zero-order valence-electron chi connectivity index (χ0n) is 17.0. The SMILES string of the molecule is COc1ccc(NC(=O)C2CCCN(c3ccc(-c4ccco4)nn3)C2)cc1OC. The Labute approximate surface area is 174 Å². The number of benzene rings is 1. The van der Waals surface area contributed by atoms with E-state index in [1.807, 2.05) is 24.3 Å². The Bertz CT molecular complexity index is 989. The maximum absolute atomic E-state index is 12.8. The van der Waals surface area contributed by atoms with E-state index < -0.39 is 0 Å². The topological polar surface area (TPSA) is 89.7 Å².